The Morgan fingerprint density at radius 1 is 1.33 bits per heavy atom. The second kappa shape index (κ2) is 5.01. The van der Waals surface area contributed by atoms with E-state index in [-0.39, 0.29) is 18.1 Å². The maximum Gasteiger partial charge on any atom is 0.356 e. The lowest BCUT2D eigenvalue weighted by atomic mass is 10.0. The highest BCUT2D eigenvalue weighted by Gasteiger charge is 2.29. The molecule has 0 fully saturated rings. The standard InChI is InChI=1S/C14H14N4O3/c1-9(19)17-7-5-11-10(8-17)13(14(20)21)16-18(11)12-4-2-3-6-15-12/h2-4,6H,5,7-8H2,1H3,(H,20,21). The smallest absolute Gasteiger partial charge is 0.356 e. The lowest BCUT2D eigenvalue weighted by molar-refractivity contribution is -0.129. The summed E-state index contributed by atoms with van der Waals surface area (Å²) in [6.45, 7) is 2.31. The van der Waals surface area contributed by atoms with Crippen LogP contribution in [0.5, 0.6) is 0 Å². The van der Waals surface area contributed by atoms with Crippen LogP contribution in [0.15, 0.2) is 24.4 Å². The zero-order valence-corrected chi connectivity index (χ0v) is 11.5. The van der Waals surface area contributed by atoms with Crippen LogP contribution in [0.25, 0.3) is 5.82 Å². The van der Waals surface area contributed by atoms with Crippen LogP contribution < -0.4 is 0 Å². The van der Waals surface area contributed by atoms with Crippen molar-refractivity contribution in [2.24, 2.45) is 0 Å². The summed E-state index contributed by atoms with van der Waals surface area (Å²) in [5.41, 5.74) is 1.39. The van der Waals surface area contributed by atoms with Gasteiger partial charge in [0.1, 0.15) is 0 Å². The molecule has 3 rings (SSSR count). The van der Waals surface area contributed by atoms with E-state index in [9.17, 15) is 14.7 Å². The quantitative estimate of drug-likeness (QED) is 0.885. The first kappa shape index (κ1) is 13.3. The number of nitrogens with zero attached hydrogens (tertiary/aromatic N) is 4. The topological polar surface area (TPSA) is 88.3 Å². The summed E-state index contributed by atoms with van der Waals surface area (Å²) in [7, 11) is 0. The van der Waals surface area contributed by atoms with E-state index >= 15 is 0 Å². The molecule has 2 aromatic heterocycles. The molecule has 1 N–H and O–H groups in total. The molecule has 7 nitrogen and oxygen atoms in total. The summed E-state index contributed by atoms with van der Waals surface area (Å²) in [6, 6.07) is 5.38. The summed E-state index contributed by atoms with van der Waals surface area (Å²) < 4.78 is 1.57. The zero-order valence-electron chi connectivity index (χ0n) is 11.5. The molecule has 0 unspecified atom stereocenters. The molecule has 1 amide bonds. The van der Waals surface area contributed by atoms with Gasteiger partial charge in [-0.25, -0.2) is 14.5 Å². The Morgan fingerprint density at radius 3 is 2.76 bits per heavy atom. The third-order valence-corrected chi connectivity index (χ3v) is 3.57. The van der Waals surface area contributed by atoms with Crippen molar-refractivity contribution in [2.45, 2.75) is 19.9 Å². The predicted molar refractivity (Wildman–Crippen MR) is 73.1 cm³/mol. The van der Waals surface area contributed by atoms with Crippen LogP contribution in [0.4, 0.5) is 0 Å². The van der Waals surface area contributed by atoms with Crippen LogP contribution in [0.1, 0.15) is 28.7 Å². The number of hydrogen-bond acceptors (Lipinski definition) is 4. The third kappa shape index (κ3) is 2.26. The van der Waals surface area contributed by atoms with Crippen LogP contribution in [0, 0.1) is 0 Å². The van der Waals surface area contributed by atoms with Gasteiger partial charge in [0.25, 0.3) is 0 Å². The molecule has 0 saturated heterocycles. The molecule has 0 aromatic carbocycles. The molecular formula is C14H14N4O3. The summed E-state index contributed by atoms with van der Waals surface area (Å²) in [6.07, 6.45) is 2.19. The lowest BCUT2D eigenvalue weighted by Crippen LogP contribution is -2.35. The van der Waals surface area contributed by atoms with Crippen molar-refractivity contribution >= 4 is 11.9 Å². The van der Waals surface area contributed by atoms with E-state index in [1.807, 2.05) is 6.07 Å². The van der Waals surface area contributed by atoms with Crippen LogP contribution in [0.2, 0.25) is 0 Å². The first-order valence-corrected chi connectivity index (χ1v) is 6.59. The fourth-order valence-electron chi connectivity index (χ4n) is 2.53. The van der Waals surface area contributed by atoms with Crippen molar-refractivity contribution < 1.29 is 14.7 Å². The van der Waals surface area contributed by atoms with Crippen molar-refractivity contribution in [2.75, 3.05) is 6.54 Å². The number of carbonyl (C=O) groups excluding carboxylic acids is 1. The van der Waals surface area contributed by atoms with Gasteiger partial charge < -0.3 is 10.0 Å². The molecule has 0 spiro atoms. The molecule has 1 aliphatic heterocycles. The SMILES string of the molecule is CC(=O)N1CCc2c(c(C(=O)O)nn2-c2ccccn2)C1. The molecule has 108 valence electrons. The number of pyridine rings is 1. The van der Waals surface area contributed by atoms with E-state index in [0.717, 1.165) is 5.69 Å². The van der Waals surface area contributed by atoms with E-state index in [0.29, 0.717) is 24.3 Å². The molecule has 0 saturated carbocycles. The van der Waals surface area contributed by atoms with Gasteiger partial charge in [-0.3, -0.25) is 4.79 Å². The number of carboxylic acids is 1. The fourth-order valence-corrected chi connectivity index (χ4v) is 2.53. The Morgan fingerprint density at radius 2 is 2.14 bits per heavy atom. The van der Waals surface area contributed by atoms with Crippen LogP contribution in [-0.4, -0.2) is 43.2 Å². The fraction of sp³-hybridized carbons (Fsp3) is 0.286. The van der Waals surface area contributed by atoms with Crippen LogP contribution >= 0.6 is 0 Å². The van der Waals surface area contributed by atoms with Gasteiger partial charge in [0, 0.05) is 38.2 Å². The van der Waals surface area contributed by atoms with Crippen molar-refractivity contribution in [3.8, 4) is 5.82 Å². The first-order valence-electron chi connectivity index (χ1n) is 6.59. The molecule has 3 heterocycles. The molecular weight excluding hydrogens is 272 g/mol. The van der Waals surface area contributed by atoms with Gasteiger partial charge in [-0.1, -0.05) is 6.07 Å². The van der Waals surface area contributed by atoms with E-state index in [2.05, 4.69) is 10.1 Å². The number of aromatic carboxylic acids is 1. The second-order valence-corrected chi connectivity index (χ2v) is 4.87. The molecule has 2 aromatic rings. The normalized spacial score (nSPS) is 13.9. The summed E-state index contributed by atoms with van der Waals surface area (Å²) in [5.74, 6) is -0.577. The Labute approximate surface area is 120 Å². The van der Waals surface area contributed by atoms with Gasteiger partial charge in [0.05, 0.1) is 5.69 Å². The van der Waals surface area contributed by atoms with Gasteiger partial charge in [0.2, 0.25) is 5.91 Å². The van der Waals surface area contributed by atoms with Crippen molar-refractivity contribution in [1.29, 1.82) is 0 Å². The zero-order chi connectivity index (χ0) is 15.0. The minimum atomic E-state index is -1.09. The van der Waals surface area contributed by atoms with E-state index in [1.54, 1.807) is 27.9 Å². The predicted octanol–water partition coefficient (Wildman–Crippen LogP) is 0.870. The molecule has 0 aliphatic carbocycles. The number of rotatable bonds is 2. The molecule has 0 atom stereocenters. The molecule has 7 heteroatoms. The van der Waals surface area contributed by atoms with Gasteiger partial charge >= 0.3 is 5.97 Å². The van der Waals surface area contributed by atoms with Crippen molar-refractivity contribution in [3.05, 3.63) is 41.3 Å². The molecule has 0 radical (unpaired) electrons. The van der Waals surface area contributed by atoms with Crippen molar-refractivity contribution in [3.63, 3.8) is 0 Å². The number of fused-ring (bicyclic) bond motifs is 1. The molecule has 0 bridgehead atoms. The van der Waals surface area contributed by atoms with E-state index < -0.39 is 5.97 Å². The van der Waals surface area contributed by atoms with E-state index in [4.69, 9.17) is 0 Å². The highest BCUT2D eigenvalue weighted by molar-refractivity contribution is 5.88. The summed E-state index contributed by atoms with van der Waals surface area (Å²) in [5, 5.41) is 13.5. The third-order valence-electron chi connectivity index (χ3n) is 3.57. The number of amides is 1. The summed E-state index contributed by atoms with van der Waals surface area (Å²) in [4.78, 5) is 28.7. The maximum absolute atomic E-state index is 11.5. The second-order valence-electron chi connectivity index (χ2n) is 4.87. The largest absolute Gasteiger partial charge is 0.476 e. The Kier molecular flexibility index (Phi) is 3.17. The average Bonchev–Trinajstić information content (AvgIpc) is 2.87. The van der Waals surface area contributed by atoms with Gasteiger partial charge in [-0.2, -0.15) is 5.10 Å². The molecule has 1 aliphatic rings. The molecule has 21 heavy (non-hydrogen) atoms. The first-order chi connectivity index (χ1) is 10.1. The van der Waals surface area contributed by atoms with Gasteiger partial charge in [-0.15, -0.1) is 0 Å². The Hall–Kier alpha value is -2.70. The van der Waals surface area contributed by atoms with Crippen molar-refractivity contribution in [1.82, 2.24) is 19.7 Å². The highest BCUT2D eigenvalue weighted by atomic mass is 16.4. The van der Waals surface area contributed by atoms with Crippen LogP contribution in [-0.2, 0) is 17.8 Å². The highest BCUT2D eigenvalue weighted by Crippen LogP contribution is 2.24. The minimum Gasteiger partial charge on any atom is -0.476 e. The minimum absolute atomic E-state index is 0.0124. The monoisotopic (exact) mass is 286 g/mol. The Bertz CT molecular complexity index is 709. The van der Waals surface area contributed by atoms with Gasteiger partial charge in [0.15, 0.2) is 11.5 Å². The van der Waals surface area contributed by atoms with Gasteiger partial charge in [-0.05, 0) is 12.1 Å². The lowest BCUT2D eigenvalue weighted by Gasteiger charge is -2.26. The summed E-state index contributed by atoms with van der Waals surface area (Å²) >= 11 is 0. The number of aromatic nitrogens is 3. The number of carbonyl (C=O) groups is 2. The van der Waals surface area contributed by atoms with E-state index in [1.165, 1.54) is 6.92 Å². The van der Waals surface area contributed by atoms with Crippen LogP contribution in [0.3, 0.4) is 0 Å². The average molecular weight is 286 g/mol. The number of hydrogen-bond donors (Lipinski definition) is 1. The number of carboxylic acid groups (broad SMARTS) is 1. The maximum atomic E-state index is 11.5. The Balaban J connectivity index is 2.12.